The number of benzene rings is 1. The molecular formula is C14H19N3O. The zero-order valence-electron chi connectivity index (χ0n) is 11.1. The number of hydrogen-bond acceptors (Lipinski definition) is 3. The standard InChI is InChI=1S/C14H19N3O/c1-10-8-11(4-5-13(10)18-3)14-16-9-12(6-7-15)17(14)2/h4-5,8-9H,6-7,15H2,1-3H3. The van der Waals surface area contributed by atoms with Crippen LogP contribution in [-0.4, -0.2) is 23.2 Å². The lowest BCUT2D eigenvalue weighted by Gasteiger charge is -2.08. The minimum Gasteiger partial charge on any atom is -0.496 e. The highest BCUT2D eigenvalue weighted by Crippen LogP contribution is 2.25. The maximum absolute atomic E-state index is 5.58. The van der Waals surface area contributed by atoms with Crippen molar-refractivity contribution in [2.45, 2.75) is 13.3 Å². The molecule has 4 heteroatoms. The number of imidazole rings is 1. The van der Waals surface area contributed by atoms with Gasteiger partial charge in [0, 0.05) is 30.9 Å². The number of nitrogens with zero attached hydrogens (tertiary/aromatic N) is 2. The summed E-state index contributed by atoms with van der Waals surface area (Å²) < 4.78 is 7.36. The van der Waals surface area contributed by atoms with Gasteiger partial charge < -0.3 is 15.0 Å². The number of aryl methyl sites for hydroxylation is 1. The average molecular weight is 245 g/mol. The van der Waals surface area contributed by atoms with Gasteiger partial charge in [0.2, 0.25) is 0 Å². The Morgan fingerprint density at radius 1 is 1.39 bits per heavy atom. The summed E-state index contributed by atoms with van der Waals surface area (Å²) in [5.74, 6) is 1.86. The number of rotatable bonds is 4. The van der Waals surface area contributed by atoms with Crippen LogP contribution in [0.4, 0.5) is 0 Å². The molecule has 0 aliphatic carbocycles. The van der Waals surface area contributed by atoms with Gasteiger partial charge in [-0.1, -0.05) is 0 Å². The van der Waals surface area contributed by atoms with E-state index in [2.05, 4.69) is 15.6 Å². The van der Waals surface area contributed by atoms with Crippen molar-refractivity contribution in [1.29, 1.82) is 0 Å². The van der Waals surface area contributed by atoms with E-state index in [0.717, 1.165) is 34.8 Å². The van der Waals surface area contributed by atoms with Gasteiger partial charge in [-0.15, -0.1) is 0 Å². The Labute approximate surface area is 107 Å². The van der Waals surface area contributed by atoms with Crippen LogP contribution in [0.5, 0.6) is 5.75 Å². The third kappa shape index (κ3) is 2.24. The van der Waals surface area contributed by atoms with E-state index in [-0.39, 0.29) is 0 Å². The summed E-state index contributed by atoms with van der Waals surface area (Å²) in [6.07, 6.45) is 2.74. The summed E-state index contributed by atoms with van der Waals surface area (Å²) in [6.45, 7) is 2.67. The first kappa shape index (κ1) is 12.6. The van der Waals surface area contributed by atoms with Gasteiger partial charge in [0.05, 0.1) is 7.11 Å². The van der Waals surface area contributed by atoms with Crippen LogP contribution in [0.15, 0.2) is 24.4 Å². The zero-order chi connectivity index (χ0) is 13.1. The van der Waals surface area contributed by atoms with Gasteiger partial charge >= 0.3 is 0 Å². The maximum atomic E-state index is 5.58. The molecule has 0 saturated carbocycles. The molecule has 0 atom stereocenters. The molecule has 96 valence electrons. The molecule has 0 radical (unpaired) electrons. The van der Waals surface area contributed by atoms with E-state index < -0.39 is 0 Å². The van der Waals surface area contributed by atoms with E-state index in [9.17, 15) is 0 Å². The van der Waals surface area contributed by atoms with Gasteiger partial charge in [-0.3, -0.25) is 0 Å². The van der Waals surface area contributed by atoms with Crippen LogP contribution in [0.1, 0.15) is 11.3 Å². The van der Waals surface area contributed by atoms with Crippen molar-refractivity contribution in [2.24, 2.45) is 12.8 Å². The molecule has 1 aromatic carbocycles. The van der Waals surface area contributed by atoms with Crippen LogP contribution in [0.2, 0.25) is 0 Å². The second-order valence-corrected chi connectivity index (χ2v) is 4.36. The summed E-state index contributed by atoms with van der Waals surface area (Å²) >= 11 is 0. The molecule has 0 fully saturated rings. The minimum atomic E-state index is 0.639. The molecule has 2 aromatic rings. The van der Waals surface area contributed by atoms with Crippen molar-refractivity contribution >= 4 is 0 Å². The van der Waals surface area contributed by atoms with Crippen LogP contribution in [0, 0.1) is 6.92 Å². The highest BCUT2D eigenvalue weighted by molar-refractivity contribution is 5.59. The zero-order valence-corrected chi connectivity index (χ0v) is 11.1. The third-order valence-corrected chi connectivity index (χ3v) is 3.14. The number of methoxy groups -OCH3 is 1. The molecule has 18 heavy (non-hydrogen) atoms. The first-order valence-corrected chi connectivity index (χ1v) is 6.03. The first-order valence-electron chi connectivity index (χ1n) is 6.03. The van der Waals surface area contributed by atoms with Crippen molar-refractivity contribution < 1.29 is 4.74 Å². The first-order chi connectivity index (χ1) is 8.67. The fourth-order valence-electron chi connectivity index (χ4n) is 2.11. The summed E-state index contributed by atoms with van der Waals surface area (Å²) in [5.41, 5.74) is 8.94. The summed E-state index contributed by atoms with van der Waals surface area (Å²) in [4.78, 5) is 4.47. The Bertz CT molecular complexity index is 546. The van der Waals surface area contributed by atoms with E-state index >= 15 is 0 Å². The summed E-state index contributed by atoms with van der Waals surface area (Å²) in [7, 11) is 3.70. The highest BCUT2D eigenvalue weighted by Gasteiger charge is 2.09. The van der Waals surface area contributed by atoms with Crippen molar-refractivity contribution in [3.05, 3.63) is 35.7 Å². The van der Waals surface area contributed by atoms with E-state index in [0.29, 0.717) is 6.54 Å². The fourth-order valence-corrected chi connectivity index (χ4v) is 2.11. The van der Waals surface area contributed by atoms with E-state index in [1.165, 1.54) is 0 Å². The van der Waals surface area contributed by atoms with E-state index in [1.54, 1.807) is 7.11 Å². The van der Waals surface area contributed by atoms with Crippen molar-refractivity contribution in [2.75, 3.05) is 13.7 Å². The molecule has 2 rings (SSSR count). The lowest BCUT2D eigenvalue weighted by molar-refractivity contribution is 0.412. The van der Waals surface area contributed by atoms with Gasteiger partial charge in [-0.25, -0.2) is 4.98 Å². The van der Waals surface area contributed by atoms with Crippen molar-refractivity contribution in [3.63, 3.8) is 0 Å². The number of nitrogens with two attached hydrogens (primary N) is 1. The third-order valence-electron chi connectivity index (χ3n) is 3.14. The molecule has 0 unspecified atom stereocenters. The Hall–Kier alpha value is -1.81. The molecule has 0 aliphatic heterocycles. The Kier molecular flexibility index (Phi) is 3.67. The average Bonchev–Trinajstić information content (AvgIpc) is 2.72. The SMILES string of the molecule is COc1ccc(-c2ncc(CCN)n2C)cc1C. The molecule has 1 heterocycles. The summed E-state index contributed by atoms with van der Waals surface area (Å²) in [5, 5.41) is 0. The maximum Gasteiger partial charge on any atom is 0.139 e. The molecule has 1 aromatic heterocycles. The normalized spacial score (nSPS) is 10.7. The predicted molar refractivity (Wildman–Crippen MR) is 72.7 cm³/mol. The monoisotopic (exact) mass is 245 g/mol. The van der Waals surface area contributed by atoms with Gasteiger partial charge in [-0.05, 0) is 37.2 Å². The Morgan fingerprint density at radius 2 is 2.17 bits per heavy atom. The molecule has 0 aliphatic rings. The smallest absolute Gasteiger partial charge is 0.139 e. The Morgan fingerprint density at radius 3 is 2.78 bits per heavy atom. The second kappa shape index (κ2) is 5.23. The van der Waals surface area contributed by atoms with Crippen molar-refractivity contribution in [1.82, 2.24) is 9.55 Å². The summed E-state index contributed by atoms with van der Waals surface area (Å²) in [6, 6.07) is 6.09. The van der Waals surface area contributed by atoms with Gasteiger partial charge in [0.15, 0.2) is 0 Å². The minimum absolute atomic E-state index is 0.639. The molecule has 0 spiro atoms. The van der Waals surface area contributed by atoms with Crippen LogP contribution < -0.4 is 10.5 Å². The molecule has 4 nitrogen and oxygen atoms in total. The fraction of sp³-hybridized carbons (Fsp3) is 0.357. The molecule has 2 N–H and O–H groups in total. The van der Waals surface area contributed by atoms with Crippen LogP contribution in [0.25, 0.3) is 11.4 Å². The number of hydrogen-bond donors (Lipinski definition) is 1. The Balaban J connectivity index is 2.39. The number of ether oxygens (including phenoxy) is 1. The largest absolute Gasteiger partial charge is 0.496 e. The lowest BCUT2D eigenvalue weighted by atomic mass is 10.1. The van der Waals surface area contributed by atoms with Gasteiger partial charge in [0.25, 0.3) is 0 Å². The molecule has 0 saturated heterocycles. The molecule has 0 amide bonds. The predicted octanol–water partition coefficient (Wildman–Crippen LogP) is 1.91. The van der Waals surface area contributed by atoms with Gasteiger partial charge in [-0.2, -0.15) is 0 Å². The van der Waals surface area contributed by atoms with Crippen molar-refractivity contribution in [3.8, 4) is 17.1 Å². The van der Waals surface area contributed by atoms with Crippen LogP contribution >= 0.6 is 0 Å². The molecular weight excluding hydrogens is 226 g/mol. The molecule has 0 bridgehead atoms. The van der Waals surface area contributed by atoms with Crippen LogP contribution in [-0.2, 0) is 13.5 Å². The quantitative estimate of drug-likeness (QED) is 0.895. The van der Waals surface area contributed by atoms with Gasteiger partial charge in [0.1, 0.15) is 11.6 Å². The number of aromatic nitrogens is 2. The highest BCUT2D eigenvalue weighted by atomic mass is 16.5. The van der Waals surface area contributed by atoms with Crippen LogP contribution in [0.3, 0.4) is 0 Å². The van der Waals surface area contributed by atoms with E-state index in [1.807, 2.05) is 32.3 Å². The van der Waals surface area contributed by atoms with E-state index in [4.69, 9.17) is 10.5 Å². The topological polar surface area (TPSA) is 53.1 Å². The lowest BCUT2D eigenvalue weighted by Crippen LogP contribution is -2.07. The second-order valence-electron chi connectivity index (χ2n) is 4.36.